The van der Waals surface area contributed by atoms with Gasteiger partial charge >= 0.3 is 0 Å². The Morgan fingerprint density at radius 2 is 1.81 bits per heavy atom. The second-order valence-corrected chi connectivity index (χ2v) is 2.97. The van der Waals surface area contributed by atoms with E-state index in [9.17, 15) is 13.2 Å². The molecule has 1 aromatic carbocycles. The van der Waals surface area contributed by atoms with Crippen molar-refractivity contribution in [1.29, 1.82) is 0 Å². The number of hydrogen-bond donors (Lipinski definition) is 1. The predicted molar refractivity (Wildman–Crippen MR) is 47.5 cm³/mol. The highest BCUT2D eigenvalue weighted by Gasteiger charge is 2.15. The van der Waals surface area contributed by atoms with Crippen LogP contribution in [0.2, 0.25) is 0 Å². The van der Waals surface area contributed by atoms with Crippen LogP contribution >= 0.6 is 0 Å². The molecule has 0 atom stereocenters. The first-order chi connectivity index (χ1) is 7.61. The summed E-state index contributed by atoms with van der Waals surface area (Å²) in [5.74, 6) is -4.09. The molecule has 0 unspecified atom stereocenters. The predicted octanol–water partition coefficient (Wildman–Crippen LogP) is 1.61. The summed E-state index contributed by atoms with van der Waals surface area (Å²) < 4.78 is 43.1. The Hall–Kier alpha value is -1.89. The lowest BCUT2D eigenvalue weighted by Crippen LogP contribution is -1.98. The molecular formula is C9H6F3N3O. The lowest BCUT2D eigenvalue weighted by Gasteiger charge is -1.97. The van der Waals surface area contributed by atoms with Crippen molar-refractivity contribution in [3.05, 3.63) is 35.4 Å². The fraction of sp³-hybridized carbons (Fsp3) is 0.111. The lowest BCUT2D eigenvalue weighted by atomic mass is 10.2. The summed E-state index contributed by atoms with van der Waals surface area (Å²) in [5.41, 5.74) is 5.19. The molecule has 2 rings (SSSR count). The van der Waals surface area contributed by atoms with Crippen LogP contribution in [0.25, 0.3) is 11.5 Å². The van der Waals surface area contributed by atoms with E-state index in [2.05, 4.69) is 10.1 Å². The summed E-state index contributed by atoms with van der Waals surface area (Å²) in [4.78, 5) is 3.75. The van der Waals surface area contributed by atoms with Crippen LogP contribution in [-0.4, -0.2) is 10.1 Å². The van der Waals surface area contributed by atoms with Gasteiger partial charge in [-0.15, -0.1) is 0 Å². The number of hydrogen-bond acceptors (Lipinski definition) is 4. The molecule has 1 heterocycles. The quantitative estimate of drug-likeness (QED) is 0.794. The van der Waals surface area contributed by atoms with Crippen LogP contribution in [0.5, 0.6) is 0 Å². The van der Waals surface area contributed by atoms with Gasteiger partial charge in [0.15, 0.2) is 23.3 Å². The maximum absolute atomic E-state index is 12.9. The molecule has 0 aliphatic rings. The maximum Gasteiger partial charge on any atom is 0.258 e. The van der Waals surface area contributed by atoms with E-state index in [0.717, 1.165) is 12.1 Å². The third kappa shape index (κ3) is 1.76. The highest BCUT2D eigenvalue weighted by Crippen LogP contribution is 2.22. The minimum absolute atomic E-state index is 0.0374. The summed E-state index contributed by atoms with van der Waals surface area (Å²) >= 11 is 0. The van der Waals surface area contributed by atoms with Crippen molar-refractivity contribution >= 4 is 0 Å². The largest absolute Gasteiger partial charge is 0.334 e. The Labute approximate surface area is 87.9 Å². The minimum atomic E-state index is -1.54. The lowest BCUT2D eigenvalue weighted by molar-refractivity contribution is 0.419. The van der Waals surface area contributed by atoms with Gasteiger partial charge < -0.3 is 10.3 Å². The van der Waals surface area contributed by atoms with Gasteiger partial charge in [0.05, 0.1) is 6.54 Å². The number of nitrogens with two attached hydrogens (primary N) is 1. The second kappa shape index (κ2) is 3.93. The van der Waals surface area contributed by atoms with Crippen LogP contribution in [0.3, 0.4) is 0 Å². The number of aromatic nitrogens is 2. The van der Waals surface area contributed by atoms with Crippen LogP contribution in [0.4, 0.5) is 13.2 Å². The molecule has 0 bridgehead atoms. The van der Waals surface area contributed by atoms with Gasteiger partial charge in [-0.1, -0.05) is 5.16 Å². The number of rotatable bonds is 2. The highest BCUT2D eigenvalue weighted by molar-refractivity contribution is 5.52. The van der Waals surface area contributed by atoms with Crippen molar-refractivity contribution < 1.29 is 17.7 Å². The van der Waals surface area contributed by atoms with Crippen molar-refractivity contribution in [3.63, 3.8) is 0 Å². The van der Waals surface area contributed by atoms with E-state index in [1.165, 1.54) is 0 Å². The van der Waals surface area contributed by atoms with Crippen molar-refractivity contribution in [1.82, 2.24) is 10.1 Å². The molecule has 0 saturated heterocycles. The third-order valence-electron chi connectivity index (χ3n) is 1.88. The topological polar surface area (TPSA) is 64.9 Å². The molecular weight excluding hydrogens is 223 g/mol. The Kier molecular flexibility index (Phi) is 2.61. The van der Waals surface area contributed by atoms with Crippen LogP contribution in [0.1, 0.15) is 5.82 Å². The average molecular weight is 229 g/mol. The zero-order chi connectivity index (χ0) is 11.7. The molecule has 0 fully saturated rings. The van der Waals surface area contributed by atoms with Crippen molar-refractivity contribution in [2.75, 3.05) is 0 Å². The van der Waals surface area contributed by atoms with E-state index in [1.807, 2.05) is 0 Å². The van der Waals surface area contributed by atoms with Gasteiger partial charge in [0.1, 0.15) is 0 Å². The third-order valence-corrected chi connectivity index (χ3v) is 1.88. The summed E-state index contributed by atoms with van der Waals surface area (Å²) in [6, 6.07) is 1.54. The van der Waals surface area contributed by atoms with Gasteiger partial charge in [0.25, 0.3) is 5.89 Å². The fourth-order valence-electron chi connectivity index (χ4n) is 1.13. The molecule has 0 radical (unpaired) electrons. The SMILES string of the molecule is NCc1noc(-c2cc(F)c(F)c(F)c2)n1. The summed E-state index contributed by atoms with van der Waals surface area (Å²) in [7, 11) is 0. The Bertz CT molecular complexity index is 503. The van der Waals surface area contributed by atoms with E-state index >= 15 is 0 Å². The molecule has 2 N–H and O–H groups in total. The molecule has 7 heteroatoms. The van der Waals surface area contributed by atoms with Crippen LogP contribution in [0.15, 0.2) is 16.7 Å². The van der Waals surface area contributed by atoms with Crippen molar-refractivity contribution in [2.45, 2.75) is 6.54 Å². The van der Waals surface area contributed by atoms with Crippen LogP contribution in [0, 0.1) is 17.5 Å². The van der Waals surface area contributed by atoms with Crippen molar-refractivity contribution in [2.24, 2.45) is 5.73 Å². The molecule has 0 aliphatic carbocycles. The number of nitrogens with zero attached hydrogens (tertiary/aromatic N) is 2. The van der Waals surface area contributed by atoms with Gasteiger partial charge in [0, 0.05) is 5.56 Å². The van der Waals surface area contributed by atoms with Crippen LogP contribution < -0.4 is 5.73 Å². The second-order valence-electron chi connectivity index (χ2n) is 2.97. The monoisotopic (exact) mass is 229 g/mol. The summed E-state index contributed by atoms with van der Waals surface area (Å²) in [5, 5.41) is 3.44. The number of halogens is 3. The van der Waals surface area contributed by atoms with Gasteiger partial charge in [-0.2, -0.15) is 4.98 Å². The normalized spacial score (nSPS) is 10.8. The van der Waals surface area contributed by atoms with E-state index in [1.54, 1.807) is 0 Å². The zero-order valence-corrected chi connectivity index (χ0v) is 7.88. The molecule has 2 aromatic rings. The molecule has 0 spiro atoms. The van der Waals surface area contributed by atoms with Crippen LogP contribution in [-0.2, 0) is 6.54 Å². The zero-order valence-electron chi connectivity index (χ0n) is 7.88. The maximum atomic E-state index is 12.9. The number of benzene rings is 1. The molecule has 0 saturated carbocycles. The molecule has 0 aliphatic heterocycles. The molecule has 0 amide bonds. The first-order valence-electron chi connectivity index (χ1n) is 4.29. The molecule has 84 valence electrons. The fourth-order valence-corrected chi connectivity index (χ4v) is 1.13. The summed E-state index contributed by atoms with van der Waals surface area (Å²) in [6.07, 6.45) is 0. The Balaban J connectivity index is 2.48. The molecule has 16 heavy (non-hydrogen) atoms. The van der Waals surface area contributed by atoms with Crippen molar-refractivity contribution in [3.8, 4) is 11.5 Å². The highest BCUT2D eigenvalue weighted by atomic mass is 19.2. The minimum Gasteiger partial charge on any atom is -0.334 e. The van der Waals surface area contributed by atoms with Gasteiger partial charge in [-0.05, 0) is 12.1 Å². The first-order valence-corrected chi connectivity index (χ1v) is 4.29. The smallest absolute Gasteiger partial charge is 0.258 e. The Morgan fingerprint density at radius 3 is 2.31 bits per heavy atom. The standard InChI is InChI=1S/C9H6F3N3O/c10-5-1-4(2-6(11)8(5)12)9-14-7(3-13)15-16-9/h1-2H,3,13H2. The van der Waals surface area contributed by atoms with E-state index in [-0.39, 0.29) is 23.8 Å². The molecule has 1 aromatic heterocycles. The van der Waals surface area contributed by atoms with E-state index in [0.29, 0.717) is 0 Å². The first kappa shape index (κ1) is 10.6. The molecule has 4 nitrogen and oxygen atoms in total. The van der Waals surface area contributed by atoms with Gasteiger partial charge in [-0.3, -0.25) is 0 Å². The van der Waals surface area contributed by atoms with E-state index < -0.39 is 17.5 Å². The Morgan fingerprint density at radius 1 is 1.19 bits per heavy atom. The van der Waals surface area contributed by atoms with Gasteiger partial charge in [-0.25, -0.2) is 13.2 Å². The average Bonchev–Trinajstić information content (AvgIpc) is 2.73. The van der Waals surface area contributed by atoms with E-state index in [4.69, 9.17) is 10.3 Å². The van der Waals surface area contributed by atoms with Gasteiger partial charge in [0.2, 0.25) is 0 Å². The summed E-state index contributed by atoms with van der Waals surface area (Å²) in [6.45, 7) is 0.0374.